The predicted molar refractivity (Wildman–Crippen MR) is 93.6 cm³/mol. The molecule has 0 saturated carbocycles. The van der Waals surface area contributed by atoms with Crippen LogP contribution in [0.3, 0.4) is 0 Å². The maximum absolute atomic E-state index is 12.8. The van der Waals surface area contributed by atoms with Gasteiger partial charge in [-0.25, -0.2) is 0 Å². The summed E-state index contributed by atoms with van der Waals surface area (Å²) in [4.78, 5) is 25.1. The van der Waals surface area contributed by atoms with Crippen LogP contribution in [0.4, 0.5) is 0 Å². The van der Waals surface area contributed by atoms with Crippen LogP contribution in [0.15, 0.2) is 35.3 Å². The summed E-state index contributed by atoms with van der Waals surface area (Å²) in [6.07, 6.45) is 3.63. The van der Waals surface area contributed by atoms with E-state index in [1.807, 2.05) is 6.26 Å². The lowest BCUT2D eigenvalue weighted by atomic mass is 10.1. The van der Waals surface area contributed by atoms with Gasteiger partial charge in [-0.05, 0) is 36.9 Å². The van der Waals surface area contributed by atoms with E-state index >= 15 is 0 Å². The van der Waals surface area contributed by atoms with E-state index in [1.54, 1.807) is 49.1 Å². The van der Waals surface area contributed by atoms with E-state index < -0.39 is 0 Å². The number of hydrogen-bond acceptors (Lipinski definition) is 5. The first-order chi connectivity index (χ1) is 11.6. The Morgan fingerprint density at radius 1 is 1.29 bits per heavy atom. The average molecular weight is 346 g/mol. The number of fused-ring (bicyclic) bond motifs is 1. The van der Waals surface area contributed by atoms with Crippen molar-refractivity contribution in [3.05, 3.63) is 51.9 Å². The van der Waals surface area contributed by atoms with Crippen molar-refractivity contribution < 1.29 is 14.3 Å². The Balaban J connectivity index is 1.97. The number of nitrogens with one attached hydrogen (secondary N) is 1. The van der Waals surface area contributed by atoms with Crippen LogP contribution in [0.2, 0.25) is 0 Å². The minimum absolute atomic E-state index is 0.163. The molecule has 0 atom stereocenters. The van der Waals surface area contributed by atoms with E-state index in [0.29, 0.717) is 29.3 Å². The number of aryl methyl sites for hydroxylation is 1. The quantitative estimate of drug-likeness (QED) is 0.838. The highest BCUT2D eigenvalue weighted by Gasteiger charge is 2.18. The number of nitrogens with zero attached hydrogens (tertiary/aromatic N) is 1. The third-order valence-corrected chi connectivity index (χ3v) is 4.37. The number of ether oxygens (including phenoxy) is 2. The van der Waals surface area contributed by atoms with Gasteiger partial charge in [0.1, 0.15) is 5.56 Å². The maximum atomic E-state index is 12.8. The largest absolute Gasteiger partial charge is 0.454 e. The Labute approximate surface area is 143 Å². The van der Waals surface area contributed by atoms with Gasteiger partial charge in [-0.15, -0.1) is 0 Å². The minimum atomic E-state index is -0.351. The van der Waals surface area contributed by atoms with Gasteiger partial charge in [-0.2, -0.15) is 11.8 Å². The van der Waals surface area contributed by atoms with Gasteiger partial charge in [0, 0.05) is 24.6 Å². The summed E-state index contributed by atoms with van der Waals surface area (Å²) in [5.74, 6) is 1.69. The molecule has 3 rings (SSSR count). The van der Waals surface area contributed by atoms with Crippen molar-refractivity contribution in [3.63, 3.8) is 0 Å². The molecule has 24 heavy (non-hydrogen) atoms. The molecular weight excluding hydrogens is 328 g/mol. The molecule has 7 heteroatoms. The Hall–Kier alpha value is -2.41. The number of aromatic nitrogens is 1. The molecule has 2 heterocycles. The molecule has 0 fully saturated rings. The van der Waals surface area contributed by atoms with Crippen LogP contribution in [-0.4, -0.2) is 35.8 Å². The van der Waals surface area contributed by atoms with Gasteiger partial charge in [-0.1, -0.05) is 0 Å². The fourth-order valence-electron chi connectivity index (χ4n) is 2.50. The van der Waals surface area contributed by atoms with Crippen LogP contribution < -0.4 is 20.3 Å². The van der Waals surface area contributed by atoms with Crippen molar-refractivity contribution in [1.29, 1.82) is 0 Å². The summed E-state index contributed by atoms with van der Waals surface area (Å²) in [6, 6.07) is 7.01. The zero-order valence-corrected chi connectivity index (χ0v) is 14.3. The Kier molecular flexibility index (Phi) is 4.80. The lowest BCUT2D eigenvalue weighted by molar-refractivity contribution is 0.0953. The van der Waals surface area contributed by atoms with E-state index in [4.69, 9.17) is 9.47 Å². The number of carbonyl (C=O) groups excluding carboxylic acids is 1. The van der Waals surface area contributed by atoms with Crippen molar-refractivity contribution in [2.45, 2.75) is 6.92 Å². The van der Waals surface area contributed by atoms with E-state index in [0.717, 1.165) is 5.75 Å². The molecule has 6 nitrogen and oxygen atoms in total. The zero-order chi connectivity index (χ0) is 17.1. The van der Waals surface area contributed by atoms with Crippen molar-refractivity contribution in [2.24, 2.45) is 0 Å². The number of rotatable bonds is 5. The lowest BCUT2D eigenvalue weighted by Gasteiger charge is -2.11. The third-order valence-electron chi connectivity index (χ3n) is 3.75. The van der Waals surface area contributed by atoms with Gasteiger partial charge >= 0.3 is 0 Å². The standard InChI is InChI=1S/C17H18N2O4S/c1-11-5-7-19(12-3-4-13-14(9-12)23-10-22-13)17(21)15(11)16(20)18-6-8-24-2/h3-5,7,9H,6,8,10H2,1-2H3,(H,18,20). The molecule has 126 valence electrons. The van der Waals surface area contributed by atoms with E-state index in [1.165, 1.54) is 4.57 Å². The molecule has 1 aliphatic heterocycles. The molecule has 1 aliphatic rings. The Bertz CT molecular complexity index is 832. The number of pyridine rings is 1. The summed E-state index contributed by atoms with van der Waals surface area (Å²) in [5.41, 5.74) is 1.09. The highest BCUT2D eigenvalue weighted by molar-refractivity contribution is 7.98. The predicted octanol–water partition coefficient (Wildman–Crippen LogP) is 1.97. The van der Waals surface area contributed by atoms with Crippen LogP contribution in [-0.2, 0) is 0 Å². The fraction of sp³-hybridized carbons (Fsp3) is 0.294. The first kappa shape index (κ1) is 16.4. The van der Waals surface area contributed by atoms with Crippen molar-refractivity contribution in [1.82, 2.24) is 9.88 Å². The molecule has 1 N–H and O–H groups in total. The first-order valence-corrected chi connectivity index (χ1v) is 8.90. The molecule has 1 aromatic heterocycles. The SMILES string of the molecule is CSCCNC(=O)c1c(C)ccn(-c2ccc3c(c2)OCO3)c1=O. The highest BCUT2D eigenvalue weighted by atomic mass is 32.2. The first-order valence-electron chi connectivity index (χ1n) is 7.51. The minimum Gasteiger partial charge on any atom is -0.454 e. The molecular formula is C17H18N2O4S. The van der Waals surface area contributed by atoms with Gasteiger partial charge in [0.05, 0.1) is 5.69 Å². The highest BCUT2D eigenvalue weighted by Crippen LogP contribution is 2.33. The van der Waals surface area contributed by atoms with E-state index in [2.05, 4.69) is 5.32 Å². The van der Waals surface area contributed by atoms with Crippen LogP contribution >= 0.6 is 11.8 Å². The molecule has 0 spiro atoms. The monoisotopic (exact) mass is 346 g/mol. The number of benzene rings is 1. The second-order valence-electron chi connectivity index (χ2n) is 5.34. The number of carbonyl (C=O) groups is 1. The summed E-state index contributed by atoms with van der Waals surface area (Å²) in [6.45, 7) is 2.46. The molecule has 0 saturated heterocycles. The van der Waals surface area contributed by atoms with Crippen molar-refractivity contribution >= 4 is 17.7 Å². The molecule has 0 bridgehead atoms. The lowest BCUT2D eigenvalue weighted by Crippen LogP contribution is -2.34. The average Bonchev–Trinajstić information content (AvgIpc) is 3.03. The molecule has 0 aliphatic carbocycles. The third kappa shape index (κ3) is 3.12. The maximum Gasteiger partial charge on any atom is 0.268 e. The van der Waals surface area contributed by atoms with Crippen molar-refractivity contribution in [3.8, 4) is 17.2 Å². The van der Waals surface area contributed by atoms with Gasteiger partial charge < -0.3 is 14.8 Å². The zero-order valence-electron chi connectivity index (χ0n) is 13.5. The number of hydrogen-bond donors (Lipinski definition) is 1. The van der Waals surface area contributed by atoms with Crippen LogP contribution in [0, 0.1) is 6.92 Å². The van der Waals surface area contributed by atoms with Crippen LogP contribution in [0.1, 0.15) is 15.9 Å². The molecule has 1 amide bonds. The summed E-state index contributed by atoms with van der Waals surface area (Å²) in [5, 5.41) is 2.78. The Morgan fingerprint density at radius 2 is 2.08 bits per heavy atom. The van der Waals surface area contributed by atoms with Gasteiger partial charge in [0.25, 0.3) is 11.5 Å². The van der Waals surface area contributed by atoms with Gasteiger partial charge in [-0.3, -0.25) is 14.2 Å². The van der Waals surface area contributed by atoms with Gasteiger partial charge in [0.15, 0.2) is 11.5 Å². The second-order valence-corrected chi connectivity index (χ2v) is 6.32. The smallest absolute Gasteiger partial charge is 0.268 e. The molecule has 0 radical (unpaired) electrons. The molecule has 0 unspecified atom stereocenters. The Morgan fingerprint density at radius 3 is 2.88 bits per heavy atom. The van der Waals surface area contributed by atoms with Crippen LogP contribution in [0.5, 0.6) is 11.5 Å². The van der Waals surface area contributed by atoms with E-state index in [-0.39, 0.29) is 23.8 Å². The molecule has 1 aromatic carbocycles. The number of thioether (sulfide) groups is 1. The number of amides is 1. The van der Waals surface area contributed by atoms with Crippen LogP contribution in [0.25, 0.3) is 5.69 Å². The fourth-order valence-corrected chi connectivity index (χ4v) is 2.80. The van der Waals surface area contributed by atoms with Gasteiger partial charge in [0.2, 0.25) is 6.79 Å². The second kappa shape index (κ2) is 7.00. The normalized spacial score (nSPS) is 12.2. The summed E-state index contributed by atoms with van der Waals surface area (Å²) >= 11 is 1.63. The van der Waals surface area contributed by atoms with Crippen molar-refractivity contribution in [2.75, 3.05) is 25.3 Å². The topological polar surface area (TPSA) is 69.6 Å². The van der Waals surface area contributed by atoms with E-state index in [9.17, 15) is 9.59 Å². The summed E-state index contributed by atoms with van der Waals surface area (Å²) < 4.78 is 12.1. The molecule has 2 aromatic rings. The summed E-state index contributed by atoms with van der Waals surface area (Å²) in [7, 11) is 0.